The quantitative estimate of drug-likeness (QED) is 0.740. The molecule has 5 nitrogen and oxygen atoms in total. The second-order valence-electron chi connectivity index (χ2n) is 4.73. The van der Waals surface area contributed by atoms with Crippen molar-refractivity contribution in [3.8, 4) is 5.75 Å². The third-order valence-electron chi connectivity index (χ3n) is 3.21. The first kappa shape index (κ1) is 15.1. The van der Waals surface area contributed by atoms with E-state index in [-0.39, 0.29) is 5.91 Å². The van der Waals surface area contributed by atoms with E-state index in [1.54, 1.807) is 19.4 Å². The molecule has 23 heavy (non-hydrogen) atoms. The zero-order valence-corrected chi connectivity index (χ0v) is 13.3. The van der Waals surface area contributed by atoms with Gasteiger partial charge in [0.05, 0.1) is 18.5 Å². The van der Waals surface area contributed by atoms with Crippen LogP contribution in [0.5, 0.6) is 5.75 Å². The van der Waals surface area contributed by atoms with E-state index in [1.807, 2.05) is 48.5 Å². The fraction of sp³-hybridized carbons (Fsp3) is 0.0588. The first-order chi connectivity index (χ1) is 11.3. The molecular formula is C17H15N3O2S. The molecule has 0 atom stereocenters. The number of benzene rings is 2. The third-order valence-corrected chi connectivity index (χ3v) is 3.95. The number of hydrogen-bond donors (Lipinski definition) is 2. The van der Waals surface area contributed by atoms with Crippen LogP contribution in [0, 0.1) is 0 Å². The molecule has 2 N–H and O–H groups in total. The number of nitrogens with one attached hydrogen (secondary N) is 2. The Morgan fingerprint density at radius 1 is 1.04 bits per heavy atom. The number of carbonyl (C=O) groups excluding carboxylic acids is 1. The van der Waals surface area contributed by atoms with Gasteiger partial charge in [0, 0.05) is 11.9 Å². The number of rotatable bonds is 5. The zero-order valence-electron chi connectivity index (χ0n) is 12.4. The molecule has 0 aliphatic carbocycles. The minimum Gasteiger partial charge on any atom is -0.497 e. The van der Waals surface area contributed by atoms with Crippen LogP contribution in [0.1, 0.15) is 9.67 Å². The molecule has 2 aromatic carbocycles. The smallest absolute Gasteiger partial charge is 0.267 e. The maximum atomic E-state index is 12.2. The minimum atomic E-state index is -0.170. The lowest BCUT2D eigenvalue weighted by Crippen LogP contribution is -2.11. The summed E-state index contributed by atoms with van der Waals surface area (Å²) in [6, 6.07) is 16.8. The van der Waals surface area contributed by atoms with Crippen LogP contribution in [0.2, 0.25) is 0 Å². The number of amides is 1. The van der Waals surface area contributed by atoms with Crippen molar-refractivity contribution in [2.24, 2.45) is 0 Å². The van der Waals surface area contributed by atoms with Crippen molar-refractivity contribution < 1.29 is 9.53 Å². The van der Waals surface area contributed by atoms with Crippen LogP contribution >= 0.6 is 11.5 Å². The van der Waals surface area contributed by atoms with Crippen LogP contribution in [0.15, 0.2) is 60.8 Å². The maximum Gasteiger partial charge on any atom is 0.267 e. The highest BCUT2D eigenvalue weighted by Gasteiger charge is 2.10. The molecule has 0 aliphatic rings. The van der Waals surface area contributed by atoms with Gasteiger partial charge in [-0.15, -0.1) is 0 Å². The molecule has 0 unspecified atom stereocenters. The second kappa shape index (κ2) is 6.93. The Balaban J connectivity index is 1.78. The second-order valence-corrected chi connectivity index (χ2v) is 5.56. The van der Waals surface area contributed by atoms with E-state index in [0.717, 1.165) is 17.1 Å². The van der Waals surface area contributed by atoms with Gasteiger partial charge in [0.25, 0.3) is 5.91 Å². The predicted octanol–water partition coefficient (Wildman–Crippen LogP) is 4.15. The van der Waals surface area contributed by atoms with Gasteiger partial charge in [0.1, 0.15) is 10.6 Å². The largest absolute Gasteiger partial charge is 0.497 e. The van der Waals surface area contributed by atoms with Crippen molar-refractivity contribution in [1.29, 1.82) is 0 Å². The summed E-state index contributed by atoms with van der Waals surface area (Å²) in [5, 5.41) is 6.19. The van der Waals surface area contributed by atoms with E-state index in [2.05, 4.69) is 15.0 Å². The number of anilines is 3. The van der Waals surface area contributed by atoms with Crippen molar-refractivity contribution >= 4 is 34.5 Å². The summed E-state index contributed by atoms with van der Waals surface area (Å²) in [5.74, 6) is 0.624. The average Bonchev–Trinajstić information content (AvgIpc) is 3.12. The molecule has 0 saturated heterocycles. The predicted molar refractivity (Wildman–Crippen MR) is 92.8 cm³/mol. The fourth-order valence-corrected chi connectivity index (χ4v) is 2.54. The van der Waals surface area contributed by atoms with Gasteiger partial charge in [-0.2, -0.15) is 0 Å². The average molecular weight is 325 g/mol. The van der Waals surface area contributed by atoms with E-state index >= 15 is 0 Å². The van der Waals surface area contributed by atoms with Gasteiger partial charge in [0.15, 0.2) is 0 Å². The molecule has 1 amide bonds. The summed E-state index contributed by atoms with van der Waals surface area (Å²) in [6.45, 7) is 0. The zero-order chi connectivity index (χ0) is 16.1. The Morgan fingerprint density at radius 3 is 2.43 bits per heavy atom. The lowest BCUT2D eigenvalue weighted by Gasteiger charge is -2.13. The first-order valence-corrected chi connectivity index (χ1v) is 7.76. The van der Waals surface area contributed by atoms with Gasteiger partial charge in [-0.3, -0.25) is 4.79 Å². The van der Waals surface area contributed by atoms with E-state index in [4.69, 9.17) is 4.74 Å². The number of hydrogen-bond acceptors (Lipinski definition) is 5. The summed E-state index contributed by atoms with van der Waals surface area (Å²) in [4.78, 5) is 12.8. The molecule has 0 bridgehead atoms. The summed E-state index contributed by atoms with van der Waals surface area (Å²) in [7, 11) is 1.63. The van der Waals surface area contributed by atoms with Crippen LogP contribution in [-0.4, -0.2) is 17.4 Å². The number of aromatic nitrogens is 1. The SMILES string of the molecule is COc1ccc(Nc2ccccc2NC(=O)c2ccns2)cc1. The maximum absolute atomic E-state index is 12.2. The Morgan fingerprint density at radius 2 is 1.78 bits per heavy atom. The highest BCUT2D eigenvalue weighted by molar-refractivity contribution is 7.08. The van der Waals surface area contributed by atoms with Crippen LogP contribution in [-0.2, 0) is 0 Å². The van der Waals surface area contributed by atoms with Crippen molar-refractivity contribution in [1.82, 2.24) is 4.37 Å². The molecule has 0 spiro atoms. The third kappa shape index (κ3) is 3.67. The molecule has 0 fully saturated rings. The Hall–Kier alpha value is -2.86. The number of methoxy groups -OCH3 is 1. The molecule has 0 radical (unpaired) electrons. The highest BCUT2D eigenvalue weighted by Crippen LogP contribution is 2.27. The van der Waals surface area contributed by atoms with E-state index in [1.165, 1.54) is 11.5 Å². The van der Waals surface area contributed by atoms with E-state index in [0.29, 0.717) is 10.6 Å². The summed E-state index contributed by atoms with van der Waals surface area (Å²) >= 11 is 1.17. The van der Waals surface area contributed by atoms with Crippen LogP contribution in [0.25, 0.3) is 0 Å². The fourth-order valence-electron chi connectivity index (χ4n) is 2.05. The monoisotopic (exact) mass is 325 g/mol. The number of para-hydroxylation sites is 2. The molecule has 1 heterocycles. The van der Waals surface area contributed by atoms with Crippen molar-refractivity contribution in [3.05, 3.63) is 65.7 Å². The molecule has 116 valence electrons. The van der Waals surface area contributed by atoms with Crippen molar-refractivity contribution in [3.63, 3.8) is 0 Å². The Labute approximate surface area is 138 Å². The van der Waals surface area contributed by atoms with Crippen molar-refractivity contribution in [2.45, 2.75) is 0 Å². The molecular weight excluding hydrogens is 310 g/mol. The summed E-state index contributed by atoms with van der Waals surface area (Å²) in [6.07, 6.45) is 1.61. The molecule has 3 rings (SSSR count). The molecule has 0 aliphatic heterocycles. The van der Waals surface area contributed by atoms with Crippen molar-refractivity contribution in [2.75, 3.05) is 17.7 Å². The van der Waals surface area contributed by atoms with Gasteiger partial charge in [-0.25, -0.2) is 4.37 Å². The van der Waals surface area contributed by atoms with E-state index < -0.39 is 0 Å². The standard InChI is InChI=1S/C17H15N3O2S/c1-22-13-8-6-12(7-9-13)19-14-4-2-3-5-15(14)20-17(21)16-10-11-18-23-16/h2-11,19H,1H3,(H,20,21). The summed E-state index contributed by atoms with van der Waals surface area (Å²) in [5.41, 5.74) is 2.43. The first-order valence-electron chi connectivity index (χ1n) is 6.98. The molecule has 6 heteroatoms. The van der Waals surface area contributed by atoms with Gasteiger partial charge in [0.2, 0.25) is 0 Å². The van der Waals surface area contributed by atoms with Gasteiger partial charge in [-0.05, 0) is 54.0 Å². The number of carbonyl (C=O) groups is 1. The summed E-state index contributed by atoms with van der Waals surface area (Å²) < 4.78 is 9.09. The van der Waals surface area contributed by atoms with Gasteiger partial charge >= 0.3 is 0 Å². The molecule has 1 aromatic heterocycles. The van der Waals surface area contributed by atoms with E-state index in [9.17, 15) is 4.79 Å². The van der Waals surface area contributed by atoms with Gasteiger partial charge in [-0.1, -0.05) is 12.1 Å². The lowest BCUT2D eigenvalue weighted by atomic mass is 10.2. The van der Waals surface area contributed by atoms with Crippen LogP contribution < -0.4 is 15.4 Å². The van der Waals surface area contributed by atoms with Gasteiger partial charge < -0.3 is 15.4 Å². The molecule has 0 saturated carbocycles. The molecule has 3 aromatic rings. The lowest BCUT2D eigenvalue weighted by molar-refractivity contribution is 0.103. The number of ether oxygens (including phenoxy) is 1. The Kier molecular flexibility index (Phi) is 4.54. The minimum absolute atomic E-state index is 0.170. The number of nitrogens with zero attached hydrogens (tertiary/aromatic N) is 1. The normalized spacial score (nSPS) is 10.1. The highest BCUT2D eigenvalue weighted by atomic mass is 32.1. The Bertz CT molecular complexity index is 786. The van der Waals surface area contributed by atoms with Crippen LogP contribution in [0.4, 0.5) is 17.1 Å². The topological polar surface area (TPSA) is 63.2 Å². The van der Waals surface area contributed by atoms with Crippen LogP contribution in [0.3, 0.4) is 0 Å².